The number of benzene rings is 2. The van der Waals surface area contributed by atoms with Crippen LogP contribution in [0.5, 0.6) is 0 Å². The van der Waals surface area contributed by atoms with Gasteiger partial charge in [0, 0.05) is 12.2 Å². The lowest BCUT2D eigenvalue weighted by molar-refractivity contribution is 0.250. The fourth-order valence-corrected chi connectivity index (χ4v) is 3.54. The Bertz CT molecular complexity index is 641. The maximum atomic E-state index is 12.3. The SMILES string of the molecule is O=C1NCC2(Cc3ccccc3C2)N1c1ccccc1. The maximum absolute atomic E-state index is 12.3. The van der Waals surface area contributed by atoms with Crippen molar-refractivity contribution in [2.75, 3.05) is 11.4 Å². The highest BCUT2D eigenvalue weighted by molar-refractivity contribution is 5.96. The van der Waals surface area contributed by atoms with Gasteiger partial charge in [0.05, 0.1) is 5.54 Å². The van der Waals surface area contributed by atoms with E-state index in [1.165, 1.54) is 11.1 Å². The molecule has 1 saturated heterocycles. The summed E-state index contributed by atoms with van der Waals surface area (Å²) >= 11 is 0. The summed E-state index contributed by atoms with van der Waals surface area (Å²) in [5.74, 6) is 0. The van der Waals surface area contributed by atoms with Crippen molar-refractivity contribution in [3.8, 4) is 0 Å². The number of amides is 2. The van der Waals surface area contributed by atoms with E-state index in [0.717, 1.165) is 25.1 Å². The van der Waals surface area contributed by atoms with E-state index in [9.17, 15) is 4.79 Å². The largest absolute Gasteiger partial charge is 0.335 e. The van der Waals surface area contributed by atoms with E-state index in [1.807, 2.05) is 35.2 Å². The third-order valence-corrected chi connectivity index (χ3v) is 4.42. The van der Waals surface area contributed by atoms with Crippen LogP contribution in [0.25, 0.3) is 0 Å². The summed E-state index contributed by atoms with van der Waals surface area (Å²) in [6.07, 6.45) is 1.85. The van der Waals surface area contributed by atoms with Crippen molar-refractivity contribution in [1.29, 1.82) is 0 Å². The number of hydrogen-bond donors (Lipinski definition) is 1. The van der Waals surface area contributed by atoms with Gasteiger partial charge < -0.3 is 5.32 Å². The molecule has 2 aromatic rings. The van der Waals surface area contributed by atoms with Gasteiger partial charge in [0.25, 0.3) is 0 Å². The van der Waals surface area contributed by atoms with E-state index in [2.05, 4.69) is 29.6 Å². The van der Waals surface area contributed by atoms with Crippen LogP contribution in [0.4, 0.5) is 10.5 Å². The monoisotopic (exact) mass is 264 g/mol. The molecule has 1 spiro atoms. The van der Waals surface area contributed by atoms with Gasteiger partial charge >= 0.3 is 6.03 Å². The summed E-state index contributed by atoms with van der Waals surface area (Å²) in [7, 11) is 0. The lowest BCUT2D eigenvalue weighted by atomic mass is 9.94. The third-order valence-electron chi connectivity index (χ3n) is 4.42. The van der Waals surface area contributed by atoms with Gasteiger partial charge in [0.2, 0.25) is 0 Å². The normalized spacial score (nSPS) is 19.2. The second-order valence-corrected chi connectivity index (χ2v) is 5.68. The van der Waals surface area contributed by atoms with Crippen molar-refractivity contribution < 1.29 is 4.79 Å². The Labute approximate surface area is 118 Å². The summed E-state index contributed by atoms with van der Waals surface area (Å²) in [4.78, 5) is 14.3. The lowest BCUT2D eigenvalue weighted by Gasteiger charge is -2.33. The van der Waals surface area contributed by atoms with Gasteiger partial charge in [-0.1, -0.05) is 42.5 Å². The van der Waals surface area contributed by atoms with Gasteiger partial charge in [-0.2, -0.15) is 0 Å². The molecule has 0 radical (unpaired) electrons. The predicted octanol–water partition coefficient (Wildman–Crippen LogP) is 2.75. The molecular weight excluding hydrogens is 248 g/mol. The zero-order chi connectivity index (χ0) is 13.6. The van der Waals surface area contributed by atoms with E-state index in [1.54, 1.807) is 0 Å². The number of fused-ring (bicyclic) bond motifs is 1. The Morgan fingerprint density at radius 2 is 1.50 bits per heavy atom. The molecule has 0 bridgehead atoms. The van der Waals surface area contributed by atoms with Crippen LogP contribution in [0.3, 0.4) is 0 Å². The Hall–Kier alpha value is -2.29. The molecule has 2 aromatic carbocycles. The minimum atomic E-state index is -0.137. The molecule has 0 unspecified atom stereocenters. The molecular formula is C17H16N2O. The fraction of sp³-hybridized carbons (Fsp3) is 0.235. The van der Waals surface area contributed by atoms with Gasteiger partial charge in [0.1, 0.15) is 0 Å². The smallest absolute Gasteiger partial charge is 0.322 e. The van der Waals surface area contributed by atoms with E-state index in [-0.39, 0.29) is 11.6 Å². The highest BCUT2D eigenvalue weighted by atomic mass is 16.2. The van der Waals surface area contributed by atoms with Crippen molar-refractivity contribution >= 4 is 11.7 Å². The van der Waals surface area contributed by atoms with Crippen molar-refractivity contribution in [3.63, 3.8) is 0 Å². The number of para-hydroxylation sites is 1. The lowest BCUT2D eigenvalue weighted by Crippen LogP contribution is -2.48. The second kappa shape index (κ2) is 4.10. The van der Waals surface area contributed by atoms with E-state index < -0.39 is 0 Å². The van der Waals surface area contributed by atoms with Crippen molar-refractivity contribution in [3.05, 3.63) is 65.7 Å². The van der Waals surface area contributed by atoms with Crippen LogP contribution in [0.2, 0.25) is 0 Å². The average Bonchev–Trinajstić information content (AvgIpc) is 3.00. The summed E-state index contributed by atoms with van der Waals surface area (Å²) in [5, 5.41) is 3.02. The number of rotatable bonds is 1. The van der Waals surface area contributed by atoms with Gasteiger partial charge in [-0.3, -0.25) is 4.90 Å². The first-order valence-corrected chi connectivity index (χ1v) is 6.98. The molecule has 1 heterocycles. The Kier molecular flexibility index (Phi) is 2.36. The summed E-state index contributed by atoms with van der Waals surface area (Å²) < 4.78 is 0. The number of nitrogens with zero attached hydrogens (tertiary/aromatic N) is 1. The molecule has 4 rings (SSSR count). The second-order valence-electron chi connectivity index (χ2n) is 5.68. The van der Waals surface area contributed by atoms with Gasteiger partial charge in [-0.25, -0.2) is 4.79 Å². The van der Waals surface area contributed by atoms with Crippen molar-refractivity contribution in [1.82, 2.24) is 5.32 Å². The molecule has 20 heavy (non-hydrogen) atoms. The summed E-state index contributed by atoms with van der Waals surface area (Å²) in [6.45, 7) is 0.718. The molecule has 0 aromatic heterocycles. The molecule has 3 heteroatoms. The third kappa shape index (κ3) is 1.56. The molecule has 0 atom stereocenters. The Morgan fingerprint density at radius 1 is 0.900 bits per heavy atom. The predicted molar refractivity (Wildman–Crippen MR) is 78.9 cm³/mol. The zero-order valence-corrected chi connectivity index (χ0v) is 11.2. The number of nitrogens with one attached hydrogen (secondary N) is 1. The highest BCUT2D eigenvalue weighted by Crippen LogP contribution is 2.39. The van der Waals surface area contributed by atoms with E-state index in [4.69, 9.17) is 0 Å². The van der Waals surface area contributed by atoms with Crippen LogP contribution in [0.1, 0.15) is 11.1 Å². The van der Waals surface area contributed by atoms with Gasteiger partial charge in [-0.05, 0) is 36.1 Å². The standard InChI is InChI=1S/C17H16N2O/c20-16-18-12-17(19(16)15-8-2-1-3-9-15)10-13-6-4-5-7-14(13)11-17/h1-9H,10-12H2,(H,18,20). The highest BCUT2D eigenvalue weighted by Gasteiger charge is 2.49. The topological polar surface area (TPSA) is 32.3 Å². The Balaban J connectivity index is 1.77. The van der Waals surface area contributed by atoms with Crippen LogP contribution in [-0.4, -0.2) is 18.1 Å². The van der Waals surface area contributed by atoms with Crippen LogP contribution in [-0.2, 0) is 12.8 Å². The fourth-order valence-electron chi connectivity index (χ4n) is 3.54. The number of anilines is 1. The molecule has 1 aliphatic heterocycles. The number of hydrogen-bond acceptors (Lipinski definition) is 1. The van der Waals surface area contributed by atoms with Crippen LogP contribution in [0, 0.1) is 0 Å². The van der Waals surface area contributed by atoms with Crippen LogP contribution in [0.15, 0.2) is 54.6 Å². The molecule has 1 N–H and O–H groups in total. The molecule has 3 nitrogen and oxygen atoms in total. The van der Waals surface area contributed by atoms with E-state index >= 15 is 0 Å². The Morgan fingerprint density at radius 3 is 2.15 bits per heavy atom. The van der Waals surface area contributed by atoms with E-state index in [0.29, 0.717) is 0 Å². The number of carbonyl (C=O) groups excluding carboxylic acids is 1. The van der Waals surface area contributed by atoms with Crippen molar-refractivity contribution in [2.24, 2.45) is 0 Å². The first kappa shape index (κ1) is 11.5. The maximum Gasteiger partial charge on any atom is 0.322 e. The zero-order valence-electron chi connectivity index (χ0n) is 11.2. The summed E-state index contributed by atoms with van der Waals surface area (Å²) in [6, 6.07) is 18.5. The van der Waals surface area contributed by atoms with Gasteiger partial charge in [-0.15, -0.1) is 0 Å². The molecule has 2 aliphatic rings. The molecule has 1 aliphatic carbocycles. The van der Waals surface area contributed by atoms with Crippen LogP contribution >= 0.6 is 0 Å². The van der Waals surface area contributed by atoms with Crippen LogP contribution < -0.4 is 10.2 Å². The summed E-state index contributed by atoms with van der Waals surface area (Å²) in [5.41, 5.74) is 3.58. The minimum Gasteiger partial charge on any atom is -0.335 e. The van der Waals surface area contributed by atoms with Crippen molar-refractivity contribution in [2.45, 2.75) is 18.4 Å². The first-order chi connectivity index (χ1) is 9.78. The van der Waals surface area contributed by atoms with Gasteiger partial charge in [0.15, 0.2) is 0 Å². The molecule has 1 fully saturated rings. The molecule has 2 amide bonds. The minimum absolute atomic E-state index is 0.0176. The molecule has 0 saturated carbocycles. The quantitative estimate of drug-likeness (QED) is 0.844. The number of urea groups is 1. The average molecular weight is 264 g/mol. The molecule has 100 valence electrons. The first-order valence-electron chi connectivity index (χ1n) is 6.98. The number of carbonyl (C=O) groups is 1.